The van der Waals surface area contributed by atoms with Gasteiger partial charge in [-0.2, -0.15) is 0 Å². The zero-order chi connectivity index (χ0) is 9.38. The molecular formula is C10H16N2OS. The van der Waals surface area contributed by atoms with Crippen molar-refractivity contribution in [1.29, 1.82) is 0 Å². The molecule has 1 atom stereocenters. The van der Waals surface area contributed by atoms with E-state index in [-0.39, 0.29) is 0 Å². The Morgan fingerprint density at radius 2 is 2.29 bits per heavy atom. The molecule has 0 radical (unpaired) electrons. The molecule has 0 aromatic rings. The smallest absolute Gasteiger partial charge is 0.0835 e. The van der Waals surface area contributed by atoms with E-state index in [0.717, 1.165) is 31.6 Å². The Labute approximate surface area is 89.0 Å². The highest BCUT2D eigenvalue weighted by molar-refractivity contribution is 8.02. The van der Waals surface area contributed by atoms with Crippen molar-refractivity contribution in [2.75, 3.05) is 25.6 Å². The van der Waals surface area contributed by atoms with E-state index in [2.05, 4.69) is 21.6 Å². The Balaban J connectivity index is 1.70. The van der Waals surface area contributed by atoms with Gasteiger partial charge in [0.05, 0.1) is 25.1 Å². The van der Waals surface area contributed by atoms with Gasteiger partial charge in [-0.3, -0.25) is 0 Å². The molecule has 1 saturated heterocycles. The summed E-state index contributed by atoms with van der Waals surface area (Å²) in [4.78, 5) is 0. The quantitative estimate of drug-likeness (QED) is 0.689. The Hall–Kier alpha value is -0.190. The van der Waals surface area contributed by atoms with Crippen molar-refractivity contribution in [3.8, 4) is 0 Å². The first-order valence-corrected chi connectivity index (χ1v) is 6.39. The molecule has 3 rings (SSSR count). The Kier molecular flexibility index (Phi) is 2.43. The lowest BCUT2D eigenvalue weighted by Gasteiger charge is -2.41. The van der Waals surface area contributed by atoms with Crippen molar-refractivity contribution in [2.24, 2.45) is 5.92 Å². The van der Waals surface area contributed by atoms with Gasteiger partial charge in [0.1, 0.15) is 0 Å². The number of thioether (sulfide) groups is 1. The zero-order valence-electron chi connectivity index (χ0n) is 8.26. The molecule has 4 heteroatoms. The number of hydrazine groups is 1. The van der Waals surface area contributed by atoms with Crippen LogP contribution < -0.4 is 0 Å². The lowest BCUT2D eigenvalue weighted by Crippen LogP contribution is -2.53. The molecule has 0 aromatic carbocycles. The highest BCUT2D eigenvalue weighted by atomic mass is 32.2. The molecule has 3 aliphatic rings. The summed E-state index contributed by atoms with van der Waals surface area (Å²) >= 11 is 1.87. The second-order valence-electron chi connectivity index (χ2n) is 4.16. The molecule has 78 valence electrons. The molecule has 0 amide bonds. The van der Waals surface area contributed by atoms with Gasteiger partial charge in [0, 0.05) is 12.7 Å². The van der Waals surface area contributed by atoms with E-state index < -0.39 is 0 Å². The van der Waals surface area contributed by atoms with Gasteiger partial charge in [0.2, 0.25) is 0 Å². The molecule has 3 nitrogen and oxygen atoms in total. The molecule has 2 heterocycles. The maximum Gasteiger partial charge on any atom is 0.0835 e. The van der Waals surface area contributed by atoms with Crippen LogP contribution >= 0.6 is 11.8 Å². The first-order chi connectivity index (χ1) is 6.95. The molecule has 1 aliphatic carbocycles. The normalized spacial score (nSPS) is 34.0. The summed E-state index contributed by atoms with van der Waals surface area (Å²) in [6, 6.07) is 0.645. The number of hydrogen-bond donors (Lipinski definition) is 0. The molecule has 1 saturated carbocycles. The summed E-state index contributed by atoms with van der Waals surface area (Å²) in [5, 5.41) is 7.05. The van der Waals surface area contributed by atoms with Crippen LogP contribution in [0.2, 0.25) is 0 Å². The van der Waals surface area contributed by atoms with Crippen LogP contribution in [-0.4, -0.2) is 41.7 Å². The Morgan fingerprint density at radius 3 is 3.00 bits per heavy atom. The van der Waals surface area contributed by atoms with Crippen molar-refractivity contribution in [2.45, 2.75) is 18.9 Å². The lowest BCUT2D eigenvalue weighted by molar-refractivity contribution is -0.102. The summed E-state index contributed by atoms with van der Waals surface area (Å²) in [6.07, 6.45) is 5.00. The molecule has 14 heavy (non-hydrogen) atoms. The van der Waals surface area contributed by atoms with Crippen molar-refractivity contribution in [3.63, 3.8) is 0 Å². The third-order valence-electron chi connectivity index (χ3n) is 3.17. The van der Waals surface area contributed by atoms with E-state index in [9.17, 15) is 0 Å². The fourth-order valence-corrected chi connectivity index (χ4v) is 2.93. The molecule has 0 unspecified atom stereocenters. The van der Waals surface area contributed by atoms with Crippen LogP contribution in [0.1, 0.15) is 12.8 Å². The van der Waals surface area contributed by atoms with Gasteiger partial charge in [0.25, 0.3) is 0 Å². The van der Waals surface area contributed by atoms with E-state index in [1.165, 1.54) is 12.8 Å². The van der Waals surface area contributed by atoms with E-state index in [4.69, 9.17) is 4.74 Å². The van der Waals surface area contributed by atoms with Gasteiger partial charge in [0.15, 0.2) is 0 Å². The average Bonchev–Trinajstić information content (AvgIpc) is 2.94. The van der Waals surface area contributed by atoms with Crippen LogP contribution in [0.15, 0.2) is 11.6 Å². The molecule has 0 aromatic heterocycles. The first-order valence-electron chi connectivity index (χ1n) is 5.34. The molecular weight excluding hydrogens is 196 g/mol. The standard InChI is InChI=1S/C10H16N2OS/c1-2-9(1)10-7-13-5-3-12(10)11-4-6-14-8-11/h4,6,9-10H,1-3,5,7-8H2/t10-/m1/s1. The fraction of sp³-hybridized carbons (Fsp3) is 0.800. The zero-order valence-corrected chi connectivity index (χ0v) is 9.08. The summed E-state index contributed by atoms with van der Waals surface area (Å²) in [5.74, 6) is 1.98. The number of morpholine rings is 1. The molecule has 2 aliphatic heterocycles. The van der Waals surface area contributed by atoms with E-state index >= 15 is 0 Å². The minimum atomic E-state index is 0.645. The topological polar surface area (TPSA) is 15.7 Å². The number of hydrogen-bond acceptors (Lipinski definition) is 4. The van der Waals surface area contributed by atoms with Crippen LogP contribution in [-0.2, 0) is 4.74 Å². The number of nitrogens with zero attached hydrogens (tertiary/aromatic N) is 2. The highest BCUT2D eigenvalue weighted by Crippen LogP contribution is 2.37. The van der Waals surface area contributed by atoms with Gasteiger partial charge >= 0.3 is 0 Å². The van der Waals surface area contributed by atoms with E-state index in [1.54, 1.807) is 0 Å². The van der Waals surface area contributed by atoms with Crippen molar-refractivity contribution < 1.29 is 4.74 Å². The van der Waals surface area contributed by atoms with E-state index in [0.29, 0.717) is 6.04 Å². The summed E-state index contributed by atoms with van der Waals surface area (Å²) in [5.41, 5.74) is 0. The van der Waals surface area contributed by atoms with Gasteiger partial charge < -0.3 is 9.75 Å². The van der Waals surface area contributed by atoms with E-state index in [1.807, 2.05) is 11.8 Å². The lowest BCUT2D eigenvalue weighted by atomic mass is 10.1. The predicted molar refractivity (Wildman–Crippen MR) is 57.5 cm³/mol. The van der Waals surface area contributed by atoms with Gasteiger partial charge in [-0.15, -0.1) is 11.8 Å². The minimum Gasteiger partial charge on any atom is -0.378 e. The molecule has 0 spiro atoms. The van der Waals surface area contributed by atoms with Gasteiger partial charge in [-0.1, -0.05) is 0 Å². The average molecular weight is 212 g/mol. The van der Waals surface area contributed by atoms with Crippen molar-refractivity contribution in [1.82, 2.24) is 10.0 Å². The third kappa shape index (κ3) is 1.66. The second-order valence-corrected chi connectivity index (χ2v) is 5.03. The number of ether oxygens (including phenoxy) is 1. The van der Waals surface area contributed by atoms with Gasteiger partial charge in [-0.05, 0) is 24.2 Å². The Morgan fingerprint density at radius 1 is 1.36 bits per heavy atom. The fourth-order valence-electron chi connectivity index (χ4n) is 2.23. The SMILES string of the molecule is C1=CN(N2CCOC[C@@H]2C2CC2)CS1. The van der Waals surface area contributed by atoms with Crippen molar-refractivity contribution in [3.05, 3.63) is 11.6 Å². The minimum absolute atomic E-state index is 0.645. The highest BCUT2D eigenvalue weighted by Gasteiger charge is 2.39. The summed E-state index contributed by atoms with van der Waals surface area (Å²) < 4.78 is 5.57. The van der Waals surface area contributed by atoms with Crippen LogP contribution in [0, 0.1) is 5.92 Å². The predicted octanol–water partition coefficient (Wildman–Crippen LogP) is 1.49. The maximum atomic E-state index is 5.57. The number of rotatable bonds is 2. The first kappa shape index (κ1) is 9.07. The summed E-state index contributed by atoms with van der Waals surface area (Å²) in [7, 11) is 0. The summed E-state index contributed by atoms with van der Waals surface area (Å²) in [6.45, 7) is 2.88. The van der Waals surface area contributed by atoms with Crippen LogP contribution in [0.3, 0.4) is 0 Å². The Bertz CT molecular complexity index is 242. The molecule has 2 fully saturated rings. The van der Waals surface area contributed by atoms with Gasteiger partial charge in [-0.25, -0.2) is 5.01 Å². The third-order valence-corrected chi connectivity index (χ3v) is 3.90. The van der Waals surface area contributed by atoms with Crippen LogP contribution in [0.4, 0.5) is 0 Å². The molecule has 0 bridgehead atoms. The van der Waals surface area contributed by atoms with Crippen molar-refractivity contribution >= 4 is 11.8 Å². The van der Waals surface area contributed by atoms with Crippen LogP contribution in [0.25, 0.3) is 0 Å². The van der Waals surface area contributed by atoms with Crippen LogP contribution in [0.5, 0.6) is 0 Å². The maximum absolute atomic E-state index is 5.57. The monoisotopic (exact) mass is 212 g/mol. The largest absolute Gasteiger partial charge is 0.378 e. The second kappa shape index (κ2) is 3.76. The molecule has 0 N–H and O–H groups in total.